The van der Waals surface area contributed by atoms with E-state index in [-0.39, 0.29) is 17.6 Å². The standard InChI is InChI=1S/C28H30N8O3/c1-4-23(37)20-15-31-25(34-24-11-10-17(14-30-24)18-8-6-12-29-28(18)38)13-22(20)33-21-9-5-7-19(26(21)39-3)27-32-16-36(2)35-27/h5,7,9-11,13-16,18H,4,6,8,12H2,1-3H3,(H,29,38)(H2,30,31,33,34). The van der Waals surface area contributed by atoms with Crippen molar-refractivity contribution < 1.29 is 14.3 Å². The van der Waals surface area contributed by atoms with E-state index in [1.165, 1.54) is 0 Å². The second-order valence-corrected chi connectivity index (χ2v) is 9.23. The molecular weight excluding hydrogens is 496 g/mol. The van der Waals surface area contributed by atoms with E-state index in [9.17, 15) is 9.59 Å². The van der Waals surface area contributed by atoms with Gasteiger partial charge in [-0.05, 0) is 36.6 Å². The lowest BCUT2D eigenvalue weighted by molar-refractivity contribution is -0.123. The molecule has 4 aromatic rings. The number of hydrogen-bond donors (Lipinski definition) is 3. The fourth-order valence-corrected chi connectivity index (χ4v) is 4.59. The van der Waals surface area contributed by atoms with Gasteiger partial charge in [0.25, 0.3) is 0 Å². The number of para-hydroxylation sites is 1. The first kappa shape index (κ1) is 25.8. The summed E-state index contributed by atoms with van der Waals surface area (Å²) in [6.07, 6.45) is 6.98. The molecule has 0 saturated carbocycles. The molecule has 11 nitrogen and oxygen atoms in total. The van der Waals surface area contributed by atoms with E-state index < -0.39 is 0 Å². The highest BCUT2D eigenvalue weighted by atomic mass is 16.5. The summed E-state index contributed by atoms with van der Waals surface area (Å²) in [4.78, 5) is 38.2. The van der Waals surface area contributed by atoms with Crippen LogP contribution in [-0.4, -0.2) is 50.1 Å². The van der Waals surface area contributed by atoms with Gasteiger partial charge in [-0.1, -0.05) is 19.1 Å². The van der Waals surface area contributed by atoms with Gasteiger partial charge in [-0.15, -0.1) is 0 Å². The molecule has 1 fully saturated rings. The first-order valence-electron chi connectivity index (χ1n) is 12.8. The third-order valence-electron chi connectivity index (χ3n) is 6.58. The Balaban J connectivity index is 1.43. The van der Waals surface area contributed by atoms with E-state index in [4.69, 9.17) is 4.74 Å². The molecule has 0 aliphatic carbocycles. The number of carbonyl (C=O) groups excluding carboxylic acids is 2. The number of pyridine rings is 2. The first-order chi connectivity index (χ1) is 19.0. The minimum Gasteiger partial charge on any atom is -0.494 e. The normalized spacial score (nSPS) is 14.9. The van der Waals surface area contributed by atoms with Gasteiger partial charge >= 0.3 is 0 Å². The maximum absolute atomic E-state index is 12.8. The molecule has 11 heteroatoms. The van der Waals surface area contributed by atoms with E-state index in [1.54, 1.807) is 43.6 Å². The van der Waals surface area contributed by atoms with Crippen LogP contribution in [0.3, 0.4) is 0 Å². The summed E-state index contributed by atoms with van der Waals surface area (Å²) in [5, 5.41) is 13.9. The van der Waals surface area contributed by atoms with Crippen molar-refractivity contribution in [3.05, 3.63) is 66.2 Å². The molecule has 0 bridgehead atoms. The van der Waals surface area contributed by atoms with Gasteiger partial charge < -0.3 is 20.7 Å². The average molecular weight is 527 g/mol. The number of Topliss-reactive ketones (excluding diaryl/α,β-unsaturated/α-hetero) is 1. The number of carbonyl (C=O) groups is 2. The zero-order chi connectivity index (χ0) is 27.4. The highest BCUT2D eigenvalue weighted by Crippen LogP contribution is 2.37. The number of anilines is 4. The van der Waals surface area contributed by atoms with E-state index in [0.29, 0.717) is 46.6 Å². The van der Waals surface area contributed by atoms with Gasteiger partial charge in [-0.2, -0.15) is 5.10 Å². The number of aryl methyl sites for hydroxylation is 1. The minimum absolute atomic E-state index is 0.0376. The molecule has 3 N–H and O–H groups in total. The summed E-state index contributed by atoms with van der Waals surface area (Å²) in [6.45, 7) is 2.53. The van der Waals surface area contributed by atoms with Crippen LogP contribution >= 0.6 is 0 Å². The minimum atomic E-state index is -0.180. The molecule has 1 unspecified atom stereocenters. The fourth-order valence-electron chi connectivity index (χ4n) is 4.59. The Morgan fingerprint density at radius 3 is 2.64 bits per heavy atom. The quantitative estimate of drug-likeness (QED) is 0.272. The number of ketones is 1. The van der Waals surface area contributed by atoms with Crippen molar-refractivity contribution in [3.63, 3.8) is 0 Å². The topological polar surface area (TPSA) is 136 Å². The Kier molecular flexibility index (Phi) is 7.48. The number of hydrogen-bond acceptors (Lipinski definition) is 9. The molecule has 0 spiro atoms. The van der Waals surface area contributed by atoms with E-state index >= 15 is 0 Å². The third kappa shape index (κ3) is 5.57. The van der Waals surface area contributed by atoms with Crippen LogP contribution in [0.5, 0.6) is 5.75 Å². The van der Waals surface area contributed by atoms with Gasteiger partial charge in [-0.3, -0.25) is 14.3 Å². The number of benzene rings is 1. The lowest BCUT2D eigenvalue weighted by Gasteiger charge is -2.22. The Bertz CT molecular complexity index is 1500. The van der Waals surface area contributed by atoms with Crippen LogP contribution in [0.15, 0.2) is 55.1 Å². The van der Waals surface area contributed by atoms with Gasteiger partial charge in [-0.25, -0.2) is 15.0 Å². The number of aromatic nitrogens is 5. The Labute approximate surface area is 226 Å². The van der Waals surface area contributed by atoms with Crippen LogP contribution in [0.2, 0.25) is 0 Å². The van der Waals surface area contributed by atoms with Crippen molar-refractivity contribution in [2.75, 3.05) is 24.3 Å². The summed E-state index contributed by atoms with van der Waals surface area (Å²) in [5.41, 5.74) is 3.27. The van der Waals surface area contributed by atoms with Crippen LogP contribution in [0.25, 0.3) is 11.4 Å². The molecular formula is C28H30N8O3. The smallest absolute Gasteiger partial charge is 0.227 e. The van der Waals surface area contributed by atoms with Crippen LogP contribution in [0, 0.1) is 0 Å². The average Bonchev–Trinajstić information content (AvgIpc) is 3.39. The largest absolute Gasteiger partial charge is 0.494 e. The fraction of sp³-hybridized carbons (Fsp3) is 0.286. The first-order valence-corrected chi connectivity index (χ1v) is 12.8. The van der Waals surface area contributed by atoms with Gasteiger partial charge in [0.15, 0.2) is 17.4 Å². The number of methoxy groups -OCH3 is 1. The number of ether oxygens (including phenoxy) is 1. The van der Waals surface area contributed by atoms with Crippen LogP contribution in [-0.2, 0) is 11.8 Å². The third-order valence-corrected chi connectivity index (χ3v) is 6.58. The second-order valence-electron chi connectivity index (χ2n) is 9.23. The SMILES string of the molecule is CCC(=O)c1cnc(Nc2ccc(C3CCCNC3=O)cn2)cc1Nc1cccc(-c2ncn(C)n2)c1OC. The molecule has 1 atom stereocenters. The van der Waals surface area contributed by atoms with Crippen LogP contribution in [0.1, 0.15) is 48.0 Å². The number of rotatable bonds is 9. The summed E-state index contributed by atoms with van der Waals surface area (Å²) >= 11 is 0. The number of nitrogens with one attached hydrogen (secondary N) is 3. The Morgan fingerprint density at radius 2 is 1.95 bits per heavy atom. The Hall–Kier alpha value is -4.80. The van der Waals surface area contributed by atoms with Crippen molar-refractivity contribution >= 4 is 34.7 Å². The van der Waals surface area contributed by atoms with Crippen LogP contribution < -0.4 is 20.7 Å². The van der Waals surface area contributed by atoms with Crippen molar-refractivity contribution in [2.24, 2.45) is 7.05 Å². The summed E-state index contributed by atoms with van der Waals surface area (Å²) in [7, 11) is 3.38. The Morgan fingerprint density at radius 1 is 1.10 bits per heavy atom. The van der Waals surface area contributed by atoms with Gasteiger partial charge in [0.2, 0.25) is 5.91 Å². The lowest BCUT2D eigenvalue weighted by atomic mass is 9.92. The van der Waals surface area contributed by atoms with Gasteiger partial charge in [0.05, 0.1) is 35.5 Å². The van der Waals surface area contributed by atoms with Crippen molar-refractivity contribution in [3.8, 4) is 17.1 Å². The lowest BCUT2D eigenvalue weighted by Crippen LogP contribution is -2.35. The predicted molar refractivity (Wildman–Crippen MR) is 148 cm³/mol. The van der Waals surface area contributed by atoms with E-state index in [0.717, 1.165) is 30.5 Å². The number of nitrogens with zero attached hydrogens (tertiary/aromatic N) is 5. The maximum Gasteiger partial charge on any atom is 0.227 e. The van der Waals surface area contributed by atoms with E-state index in [2.05, 4.69) is 36.0 Å². The maximum atomic E-state index is 12.8. The molecule has 0 radical (unpaired) electrons. The summed E-state index contributed by atoms with van der Waals surface area (Å²) in [6, 6.07) is 11.1. The van der Waals surface area contributed by atoms with Crippen molar-refractivity contribution in [2.45, 2.75) is 32.1 Å². The summed E-state index contributed by atoms with van der Waals surface area (Å²) < 4.78 is 7.35. The molecule has 200 valence electrons. The zero-order valence-electron chi connectivity index (χ0n) is 22.1. The highest BCUT2D eigenvalue weighted by Gasteiger charge is 2.24. The highest BCUT2D eigenvalue weighted by molar-refractivity contribution is 6.02. The second kappa shape index (κ2) is 11.3. The molecule has 5 rings (SSSR count). The molecule has 1 saturated heterocycles. The van der Waals surface area contributed by atoms with Gasteiger partial charge in [0.1, 0.15) is 18.0 Å². The molecule has 39 heavy (non-hydrogen) atoms. The molecule has 1 aliphatic rings. The molecule has 3 aromatic heterocycles. The van der Waals surface area contributed by atoms with Crippen molar-refractivity contribution in [1.29, 1.82) is 0 Å². The van der Waals surface area contributed by atoms with Gasteiger partial charge in [0, 0.05) is 38.5 Å². The summed E-state index contributed by atoms with van der Waals surface area (Å²) in [5.74, 6) is 1.96. The molecule has 1 aromatic carbocycles. The number of amides is 1. The van der Waals surface area contributed by atoms with E-state index in [1.807, 2.05) is 37.3 Å². The van der Waals surface area contributed by atoms with Crippen LogP contribution in [0.4, 0.5) is 23.0 Å². The predicted octanol–water partition coefficient (Wildman–Crippen LogP) is 4.35. The molecule has 4 heterocycles. The molecule has 1 aliphatic heterocycles. The van der Waals surface area contributed by atoms with Crippen molar-refractivity contribution in [1.82, 2.24) is 30.0 Å². The number of piperidine rings is 1. The monoisotopic (exact) mass is 526 g/mol. The molecule has 1 amide bonds. The zero-order valence-corrected chi connectivity index (χ0v) is 22.1.